The third-order valence-corrected chi connectivity index (χ3v) is 3.81. The number of hydrogen-bond donors (Lipinski definition) is 1. The summed E-state index contributed by atoms with van der Waals surface area (Å²) in [7, 11) is 1.91. The van der Waals surface area contributed by atoms with Gasteiger partial charge in [-0.1, -0.05) is 33.6 Å². The van der Waals surface area contributed by atoms with Crippen LogP contribution in [0.4, 0.5) is 0 Å². The fraction of sp³-hybridized carbons (Fsp3) is 0.231. The third-order valence-electron chi connectivity index (χ3n) is 2.79. The van der Waals surface area contributed by atoms with Crippen LogP contribution in [0.2, 0.25) is 5.02 Å². The second kappa shape index (κ2) is 5.25. The lowest BCUT2D eigenvalue weighted by Gasteiger charge is -2.19. The summed E-state index contributed by atoms with van der Waals surface area (Å²) in [5.74, 6) is 0.899. The first-order chi connectivity index (χ1) is 8.15. The number of halogens is 2. The maximum absolute atomic E-state index is 6.27. The van der Waals surface area contributed by atoms with Gasteiger partial charge in [-0.25, -0.2) is 0 Å². The summed E-state index contributed by atoms with van der Waals surface area (Å²) >= 11 is 9.82. The van der Waals surface area contributed by atoms with E-state index >= 15 is 0 Å². The fourth-order valence-electron chi connectivity index (χ4n) is 1.94. The Labute approximate surface area is 114 Å². The second-order valence-electron chi connectivity index (χ2n) is 3.79. The van der Waals surface area contributed by atoms with Crippen LogP contribution in [-0.2, 0) is 0 Å². The molecule has 1 unspecified atom stereocenters. The van der Waals surface area contributed by atoms with Gasteiger partial charge in [0.25, 0.3) is 0 Å². The first-order valence-corrected chi connectivity index (χ1v) is 6.47. The molecule has 0 amide bonds. The lowest BCUT2D eigenvalue weighted by molar-refractivity contribution is 0.523. The second-order valence-corrected chi connectivity index (χ2v) is 5.05. The Hall–Kier alpha value is -0.770. The molecule has 1 aromatic heterocycles. The van der Waals surface area contributed by atoms with Gasteiger partial charge < -0.3 is 9.73 Å². The van der Waals surface area contributed by atoms with Gasteiger partial charge in [0.2, 0.25) is 0 Å². The lowest BCUT2D eigenvalue weighted by atomic mass is 9.99. The SMILES string of the molecule is CNC(c1ccoc1C)c1c(Cl)cccc1Br. The van der Waals surface area contributed by atoms with E-state index in [4.69, 9.17) is 16.0 Å². The van der Waals surface area contributed by atoms with E-state index in [2.05, 4.69) is 21.2 Å². The number of aryl methyl sites for hydroxylation is 1. The molecule has 2 nitrogen and oxygen atoms in total. The minimum atomic E-state index is 0.0248. The van der Waals surface area contributed by atoms with E-state index in [0.29, 0.717) is 0 Å². The third kappa shape index (κ3) is 2.41. The zero-order valence-corrected chi connectivity index (χ0v) is 12.0. The van der Waals surface area contributed by atoms with Crippen molar-refractivity contribution >= 4 is 27.5 Å². The minimum absolute atomic E-state index is 0.0248. The Bertz CT molecular complexity index is 504. The maximum Gasteiger partial charge on any atom is 0.105 e. The predicted octanol–water partition coefficient (Wildman–Crippen LogP) is 4.31. The van der Waals surface area contributed by atoms with Crippen molar-refractivity contribution in [2.24, 2.45) is 0 Å². The van der Waals surface area contributed by atoms with E-state index in [9.17, 15) is 0 Å². The van der Waals surface area contributed by atoms with Gasteiger partial charge >= 0.3 is 0 Å². The van der Waals surface area contributed by atoms with Gasteiger partial charge in [-0.3, -0.25) is 0 Å². The number of nitrogens with one attached hydrogen (secondary N) is 1. The molecule has 4 heteroatoms. The van der Waals surface area contributed by atoms with Crippen molar-refractivity contribution in [1.29, 1.82) is 0 Å². The van der Waals surface area contributed by atoms with E-state index in [-0.39, 0.29) is 6.04 Å². The van der Waals surface area contributed by atoms with Crippen LogP contribution in [0.25, 0.3) is 0 Å². The summed E-state index contributed by atoms with van der Waals surface area (Å²) in [4.78, 5) is 0. The highest BCUT2D eigenvalue weighted by Gasteiger charge is 2.20. The van der Waals surface area contributed by atoms with Crippen molar-refractivity contribution in [2.45, 2.75) is 13.0 Å². The van der Waals surface area contributed by atoms with Crippen LogP contribution in [0.5, 0.6) is 0 Å². The Balaban J connectivity index is 2.53. The summed E-state index contributed by atoms with van der Waals surface area (Å²) in [5.41, 5.74) is 2.13. The van der Waals surface area contributed by atoms with Crippen LogP contribution < -0.4 is 5.32 Å². The average molecular weight is 315 g/mol. The number of furan rings is 1. The zero-order valence-electron chi connectivity index (χ0n) is 9.63. The van der Waals surface area contributed by atoms with Crippen LogP contribution >= 0.6 is 27.5 Å². The monoisotopic (exact) mass is 313 g/mol. The van der Waals surface area contributed by atoms with Gasteiger partial charge in [0.1, 0.15) is 5.76 Å². The smallest absolute Gasteiger partial charge is 0.105 e. The summed E-state index contributed by atoms with van der Waals surface area (Å²) in [6, 6.07) is 7.79. The van der Waals surface area contributed by atoms with E-state index in [1.807, 2.05) is 38.2 Å². The quantitative estimate of drug-likeness (QED) is 0.913. The van der Waals surface area contributed by atoms with E-state index < -0.39 is 0 Å². The molecule has 0 bridgehead atoms. The van der Waals surface area contributed by atoms with Crippen LogP contribution in [0.3, 0.4) is 0 Å². The molecular weight excluding hydrogens is 302 g/mol. The summed E-state index contributed by atoms with van der Waals surface area (Å²) in [6.45, 7) is 1.95. The first kappa shape index (κ1) is 12.7. The highest BCUT2D eigenvalue weighted by Crippen LogP contribution is 2.35. The molecule has 0 aliphatic carbocycles. The number of hydrogen-bond acceptors (Lipinski definition) is 2. The number of rotatable bonds is 3. The van der Waals surface area contributed by atoms with Gasteiger partial charge in [-0.2, -0.15) is 0 Å². The predicted molar refractivity (Wildman–Crippen MR) is 73.5 cm³/mol. The molecule has 90 valence electrons. The molecule has 17 heavy (non-hydrogen) atoms. The number of benzene rings is 1. The topological polar surface area (TPSA) is 25.2 Å². The molecule has 0 aliphatic heterocycles. The average Bonchev–Trinajstić information content (AvgIpc) is 2.70. The summed E-state index contributed by atoms with van der Waals surface area (Å²) in [6.07, 6.45) is 1.69. The Morgan fingerprint density at radius 2 is 2.12 bits per heavy atom. The molecule has 0 saturated heterocycles. The molecule has 0 aliphatic rings. The highest BCUT2D eigenvalue weighted by atomic mass is 79.9. The highest BCUT2D eigenvalue weighted by molar-refractivity contribution is 9.10. The van der Waals surface area contributed by atoms with Crippen molar-refractivity contribution in [3.8, 4) is 0 Å². The Morgan fingerprint density at radius 3 is 2.65 bits per heavy atom. The molecule has 1 aromatic carbocycles. The largest absolute Gasteiger partial charge is 0.469 e. The molecule has 1 heterocycles. The van der Waals surface area contributed by atoms with Crippen LogP contribution in [-0.4, -0.2) is 7.05 Å². The van der Waals surface area contributed by atoms with Crippen molar-refractivity contribution in [2.75, 3.05) is 7.05 Å². The van der Waals surface area contributed by atoms with Crippen LogP contribution in [0.15, 0.2) is 39.4 Å². The molecule has 0 fully saturated rings. The zero-order chi connectivity index (χ0) is 12.4. The van der Waals surface area contributed by atoms with Gasteiger partial charge in [-0.15, -0.1) is 0 Å². The van der Waals surface area contributed by atoms with E-state index in [1.165, 1.54) is 0 Å². The summed E-state index contributed by atoms with van der Waals surface area (Å²) in [5, 5.41) is 4.00. The molecule has 0 saturated carbocycles. The normalized spacial score (nSPS) is 12.7. The standard InChI is InChI=1S/C13H13BrClNO/c1-8-9(6-7-17-8)13(16-2)12-10(14)4-3-5-11(12)15/h3-7,13,16H,1-2H3. The van der Waals surface area contributed by atoms with Crippen molar-refractivity contribution < 1.29 is 4.42 Å². The first-order valence-electron chi connectivity index (χ1n) is 5.30. The molecule has 1 atom stereocenters. The van der Waals surface area contributed by atoms with Gasteiger partial charge in [-0.05, 0) is 32.2 Å². The fourth-order valence-corrected chi connectivity index (χ4v) is 2.93. The van der Waals surface area contributed by atoms with Crippen LogP contribution in [0, 0.1) is 6.92 Å². The molecular formula is C13H13BrClNO. The Morgan fingerprint density at radius 1 is 1.35 bits per heavy atom. The maximum atomic E-state index is 6.27. The minimum Gasteiger partial charge on any atom is -0.469 e. The molecule has 1 N–H and O–H groups in total. The van der Waals surface area contributed by atoms with E-state index in [1.54, 1.807) is 6.26 Å². The van der Waals surface area contributed by atoms with Crippen LogP contribution in [0.1, 0.15) is 22.9 Å². The van der Waals surface area contributed by atoms with Crippen molar-refractivity contribution in [3.05, 3.63) is 56.9 Å². The van der Waals surface area contributed by atoms with Gasteiger partial charge in [0, 0.05) is 20.6 Å². The Kier molecular flexibility index (Phi) is 3.92. The molecule has 2 aromatic rings. The van der Waals surface area contributed by atoms with Crippen molar-refractivity contribution in [1.82, 2.24) is 5.32 Å². The molecule has 0 spiro atoms. The van der Waals surface area contributed by atoms with Gasteiger partial charge in [0.05, 0.1) is 12.3 Å². The van der Waals surface area contributed by atoms with Gasteiger partial charge in [0.15, 0.2) is 0 Å². The molecule has 0 radical (unpaired) electrons. The lowest BCUT2D eigenvalue weighted by Crippen LogP contribution is -2.18. The summed E-state index contributed by atoms with van der Waals surface area (Å²) < 4.78 is 6.34. The van der Waals surface area contributed by atoms with Crippen molar-refractivity contribution in [3.63, 3.8) is 0 Å². The van der Waals surface area contributed by atoms with E-state index in [0.717, 1.165) is 26.4 Å². The molecule has 2 rings (SSSR count).